The van der Waals surface area contributed by atoms with Crippen LogP contribution < -0.4 is 10.7 Å². The van der Waals surface area contributed by atoms with Gasteiger partial charge in [0.2, 0.25) is 5.91 Å². The van der Waals surface area contributed by atoms with E-state index >= 15 is 0 Å². The molecule has 2 N–H and O–H groups in total. The zero-order valence-corrected chi connectivity index (χ0v) is 12.8. The molecule has 3 rings (SSSR count). The molecule has 1 heterocycles. The second kappa shape index (κ2) is 6.22. The molecule has 0 radical (unpaired) electrons. The summed E-state index contributed by atoms with van der Waals surface area (Å²) in [5, 5.41) is 13.2. The molecule has 3 aromatic rings. The lowest BCUT2D eigenvalue weighted by molar-refractivity contribution is -0.121. The van der Waals surface area contributed by atoms with E-state index in [1.807, 2.05) is 41.0 Å². The first-order valence-electron chi connectivity index (χ1n) is 7.53. The van der Waals surface area contributed by atoms with Crippen molar-refractivity contribution in [3.8, 4) is 0 Å². The molecular weight excluding hydrogens is 292 g/mol. The van der Waals surface area contributed by atoms with E-state index in [0.29, 0.717) is 10.8 Å². The zero-order valence-electron chi connectivity index (χ0n) is 12.8. The fraction of sp³-hybridized carbons (Fsp3) is 0.222. The molecule has 23 heavy (non-hydrogen) atoms. The highest BCUT2D eigenvalue weighted by Gasteiger charge is 2.12. The van der Waals surface area contributed by atoms with Crippen molar-refractivity contribution in [1.29, 1.82) is 0 Å². The highest BCUT2D eigenvalue weighted by atomic mass is 16.3. The average molecular weight is 310 g/mol. The standard InChI is InChI=1S/C18H18N2O3/c1-12(21)10-19-17(22)11-20-15-8-4-2-6-13(15)18(23)14-7-3-5-9-16(14)20/h2-9,12,21H,10-11H2,1H3,(H,19,22). The maximum Gasteiger partial charge on any atom is 0.240 e. The number of hydrogen-bond donors (Lipinski definition) is 2. The van der Waals surface area contributed by atoms with Crippen LogP contribution >= 0.6 is 0 Å². The van der Waals surface area contributed by atoms with Crippen molar-refractivity contribution in [2.45, 2.75) is 19.6 Å². The summed E-state index contributed by atoms with van der Waals surface area (Å²) in [5.41, 5.74) is 1.42. The number of carbonyl (C=O) groups excluding carboxylic acids is 1. The molecule has 0 aliphatic heterocycles. The van der Waals surface area contributed by atoms with Crippen molar-refractivity contribution in [2.75, 3.05) is 6.54 Å². The molecular formula is C18H18N2O3. The highest BCUT2D eigenvalue weighted by Crippen LogP contribution is 2.18. The first-order chi connectivity index (χ1) is 11.1. The van der Waals surface area contributed by atoms with Crippen molar-refractivity contribution in [3.63, 3.8) is 0 Å². The summed E-state index contributed by atoms with van der Waals surface area (Å²) < 4.78 is 1.84. The van der Waals surface area contributed by atoms with Crippen LogP contribution in [0.5, 0.6) is 0 Å². The van der Waals surface area contributed by atoms with Gasteiger partial charge < -0.3 is 15.0 Å². The Labute approximate surface area is 133 Å². The number of aromatic nitrogens is 1. The molecule has 0 saturated carbocycles. The maximum atomic E-state index is 12.6. The number of carbonyl (C=O) groups is 1. The predicted octanol–water partition coefficient (Wildman–Crippen LogP) is 1.65. The largest absolute Gasteiger partial charge is 0.392 e. The summed E-state index contributed by atoms with van der Waals surface area (Å²) in [4.78, 5) is 24.8. The highest BCUT2D eigenvalue weighted by molar-refractivity contribution is 5.94. The van der Waals surface area contributed by atoms with E-state index in [1.165, 1.54) is 0 Å². The summed E-state index contributed by atoms with van der Waals surface area (Å²) in [6.45, 7) is 1.91. The number of benzene rings is 2. The van der Waals surface area contributed by atoms with E-state index < -0.39 is 6.10 Å². The third-order valence-corrected chi connectivity index (χ3v) is 3.78. The van der Waals surface area contributed by atoms with Crippen LogP contribution in [0, 0.1) is 0 Å². The van der Waals surface area contributed by atoms with Gasteiger partial charge in [-0.1, -0.05) is 24.3 Å². The Bertz CT molecular complexity index is 868. The van der Waals surface area contributed by atoms with Crippen LogP contribution in [0.1, 0.15) is 6.92 Å². The first kappa shape index (κ1) is 15.2. The average Bonchev–Trinajstić information content (AvgIpc) is 2.57. The molecule has 5 nitrogen and oxygen atoms in total. The van der Waals surface area contributed by atoms with Gasteiger partial charge in [0.1, 0.15) is 6.54 Å². The summed E-state index contributed by atoms with van der Waals surface area (Å²) >= 11 is 0. The summed E-state index contributed by atoms with van der Waals surface area (Å²) in [6, 6.07) is 14.5. The van der Waals surface area contributed by atoms with E-state index in [4.69, 9.17) is 0 Å². The van der Waals surface area contributed by atoms with Gasteiger partial charge in [-0.2, -0.15) is 0 Å². The number of fused-ring (bicyclic) bond motifs is 2. The molecule has 5 heteroatoms. The second-order valence-electron chi connectivity index (χ2n) is 5.60. The summed E-state index contributed by atoms with van der Waals surface area (Å²) in [6.07, 6.45) is -0.596. The van der Waals surface area contributed by atoms with Crippen LogP contribution in [0.4, 0.5) is 0 Å². The number of rotatable bonds is 4. The van der Waals surface area contributed by atoms with E-state index in [1.54, 1.807) is 19.1 Å². The second-order valence-corrected chi connectivity index (χ2v) is 5.60. The molecule has 0 aliphatic carbocycles. The van der Waals surface area contributed by atoms with Crippen LogP contribution in [0.2, 0.25) is 0 Å². The SMILES string of the molecule is CC(O)CNC(=O)Cn1c2ccccc2c(=O)c2ccccc21. The lowest BCUT2D eigenvalue weighted by atomic mass is 10.1. The molecule has 1 atom stereocenters. The minimum absolute atomic E-state index is 0.0307. The fourth-order valence-electron chi connectivity index (χ4n) is 2.71. The van der Waals surface area contributed by atoms with Crippen LogP contribution in [-0.4, -0.2) is 28.2 Å². The van der Waals surface area contributed by atoms with E-state index in [9.17, 15) is 14.7 Å². The number of nitrogens with one attached hydrogen (secondary N) is 1. The minimum Gasteiger partial charge on any atom is -0.392 e. The monoisotopic (exact) mass is 310 g/mol. The Morgan fingerprint density at radius 3 is 2.13 bits per heavy atom. The minimum atomic E-state index is -0.596. The lowest BCUT2D eigenvalue weighted by Gasteiger charge is -2.15. The van der Waals surface area contributed by atoms with Crippen molar-refractivity contribution in [2.24, 2.45) is 0 Å². The Morgan fingerprint density at radius 2 is 1.61 bits per heavy atom. The summed E-state index contributed by atoms with van der Waals surface area (Å²) in [5.74, 6) is -0.204. The molecule has 0 aliphatic rings. The maximum absolute atomic E-state index is 12.6. The van der Waals surface area contributed by atoms with E-state index in [-0.39, 0.29) is 24.4 Å². The Balaban J connectivity index is 2.15. The number of para-hydroxylation sites is 2. The van der Waals surface area contributed by atoms with Crippen molar-refractivity contribution >= 4 is 27.7 Å². The third kappa shape index (κ3) is 2.96. The molecule has 118 valence electrons. The quantitative estimate of drug-likeness (QED) is 0.720. The van der Waals surface area contributed by atoms with Gasteiger partial charge >= 0.3 is 0 Å². The molecule has 1 amide bonds. The van der Waals surface area contributed by atoms with Crippen molar-refractivity contribution < 1.29 is 9.90 Å². The number of amides is 1. The number of aliphatic hydroxyl groups excluding tert-OH is 1. The third-order valence-electron chi connectivity index (χ3n) is 3.78. The van der Waals surface area contributed by atoms with Crippen molar-refractivity contribution in [3.05, 3.63) is 58.8 Å². The number of hydrogen-bond acceptors (Lipinski definition) is 3. The summed E-state index contributed by atoms with van der Waals surface area (Å²) in [7, 11) is 0. The van der Waals surface area contributed by atoms with Crippen LogP contribution in [-0.2, 0) is 11.3 Å². The van der Waals surface area contributed by atoms with Gasteiger partial charge in [-0.05, 0) is 31.2 Å². The van der Waals surface area contributed by atoms with Gasteiger partial charge in [-0.3, -0.25) is 9.59 Å². The first-order valence-corrected chi connectivity index (χ1v) is 7.53. The fourth-order valence-corrected chi connectivity index (χ4v) is 2.71. The number of pyridine rings is 1. The van der Waals surface area contributed by atoms with Crippen LogP contribution in [0.3, 0.4) is 0 Å². The number of nitrogens with zero attached hydrogens (tertiary/aromatic N) is 1. The zero-order chi connectivity index (χ0) is 16.4. The van der Waals surface area contributed by atoms with Gasteiger partial charge in [-0.25, -0.2) is 0 Å². The smallest absolute Gasteiger partial charge is 0.240 e. The molecule has 0 spiro atoms. The predicted molar refractivity (Wildman–Crippen MR) is 90.4 cm³/mol. The van der Waals surface area contributed by atoms with Gasteiger partial charge in [0.05, 0.1) is 17.1 Å². The lowest BCUT2D eigenvalue weighted by Crippen LogP contribution is -2.33. The Hall–Kier alpha value is -2.66. The topological polar surface area (TPSA) is 71.3 Å². The van der Waals surface area contributed by atoms with E-state index in [2.05, 4.69) is 5.32 Å². The molecule has 1 aromatic heterocycles. The van der Waals surface area contributed by atoms with E-state index in [0.717, 1.165) is 11.0 Å². The number of aliphatic hydroxyl groups is 1. The van der Waals surface area contributed by atoms with Gasteiger partial charge in [0.25, 0.3) is 0 Å². The van der Waals surface area contributed by atoms with Gasteiger partial charge in [-0.15, -0.1) is 0 Å². The van der Waals surface area contributed by atoms with Gasteiger partial charge in [0.15, 0.2) is 5.43 Å². The normalized spacial score (nSPS) is 12.4. The Kier molecular flexibility index (Phi) is 4.12. The molecule has 0 fully saturated rings. The van der Waals surface area contributed by atoms with Crippen molar-refractivity contribution in [1.82, 2.24) is 9.88 Å². The van der Waals surface area contributed by atoms with Crippen LogP contribution in [0.25, 0.3) is 21.8 Å². The van der Waals surface area contributed by atoms with Crippen LogP contribution in [0.15, 0.2) is 53.3 Å². The van der Waals surface area contributed by atoms with Gasteiger partial charge in [0, 0.05) is 17.3 Å². The molecule has 0 bridgehead atoms. The Morgan fingerprint density at radius 1 is 1.09 bits per heavy atom. The molecule has 2 aromatic carbocycles. The molecule has 0 saturated heterocycles. The molecule has 1 unspecified atom stereocenters.